The molecular formula is C7H14O4. The Morgan fingerprint density at radius 3 is 1.45 bits per heavy atom. The molecule has 0 amide bonds. The molecule has 4 nitrogen and oxygen atoms in total. The van der Waals surface area contributed by atoms with E-state index in [9.17, 15) is 9.59 Å². The van der Waals surface area contributed by atoms with Crippen molar-refractivity contribution in [2.75, 3.05) is 0 Å². The van der Waals surface area contributed by atoms with Crippen LogP contribution in [0.5, 0.6) is 0 Å². The Bertz CT molecular complexity index is 106. The molecule has 0 saturated carbocycles. The van der Waals surface area contributed by atoms with Gasteiger partial charge in [0, 0.05) is 12.8 Å². The van der Waals surface area contributed by atoms with E-state index >= 15 is 0 Å². The van der Waals surface area contributed by atoms with E-state index in [0.29, 0.717) is 0 Å². The normalized spacial score (nSPS) is 7.82. The van der Waals surface area contributed by atoms with Gasteiger partial charge in [-0.25, -0.2) is 0 Å². The van der Waals surface area contributed by atoms with Gasteiger partial charge in [0.1, 0.15) is 0 Å². The van der Waals surface area contributed by atoms with Crippen LogP contribution < -0.4 is 0 Å². The Morgan fingerprint density at radius 1 is 1.00 bits per heavy atom. The van der Waals surface area contributed by atoms with Gasteiger partial charge in [-0.3, -0.25) is 9.59 Å². The summed E-state index contributed by atoms with van der Waals surface area (Å²) in [4.78, 5) is 19.6. The molecule has 0 aromatic heterocycles. The van der Waals surface area contributed by atoms with Crippen LogP contribution in [0.25, 0.3) is 0 Å². The minimum Gasteiger partial charge on any atom is -0.481 e. The Labute approximate surface area is 65.8 Å². The third-order valence-corrected chi connectivity index (χ3v) is 0.781. The summed E-state index contributed by atoms with van der Waals surface area (Å²) in [5, 5.41) is 16.1. The maximum Gasteiger partial charge on any atom is 0.303 e. The quantitative estimate of drug-likeness (QED) is 0.654. The van der Waals surface area contributed by atoms with Crippen molar-refractivity contribution in [3.63, 3.8) is 0 Å². The minimum absolute atomic E-state index is 0.0632. The van der Waals surface area contributed by atoms with Crippen molar-refractivity contribution in [3.8, 4) is 0 Å². The highest BCUT2D eigenvalue weighted by Crippen LogP contribution is 1.93. The fraction of sp³-hybridized carbons (Fsp3) is 0.714. The third-order valence-electron chi connectivity index (χ3n) is 0.781. The molecule has 0 atom stereocenters. The van der Waals surface area contributed by atoms with E-state index in [1.165, 1.54) is 0 Å². The van der Waals surface area contributed by atoms with Gasteiger partial charge in [0.25, 0.3) is 0 Å². The van der Waals surface area contributed by atoms with E-state index in [0.717, 1.165) is 0 Å². The van der Waals surface area contributed by atoms with E-state index < -0.39 is 11.9 Å². The molecule has 0 aliphatic carbocycles. The van der Waals surface area contributed by atoms with Gasteiger partial charge in [0.15, 0.2) is 0 Å². The van der Waals surface area contributed by atoms with E-state index in [4.69, 9.17) is 10.2 Å². The first kappa shape index (κ1) is 12.6. The molecule has 11 heavy (non-hydrogen) atoms. The molecule has 0 aromatic carbocycles. The lowest BCUT2D eigenvalue weighted by molar-refractivity contribution is -0.138. The van der Waals surface area contributed by atoms with Crippen LogP contribution in [-0.4, -0.2) is 22.2 Å². The van der Waals surface area contributed by atoms with Crippen molar-refractivity contribution < 1.29 is 19.8 Å². The Kier molecular flexibility index (Phi) is 10.2. The summed E-state index contributed by atoms with van der Waals surface area (Å²) in [5.74, 6) is -1.90. The second-order valence-electron chi connectivity index (χ2n) is 1.64. The van der Waals surface area contributed by atoms with Crippen LogP contribution in [0.2, 0.25) is 0 Å². The van der Waals surface area contributed by atoms with Gasteiger partial charge in [-0.15, -0.1) is 0 Å². The monoisotopic (exact) mass is 162 g/mol. The predicted octanol–water partition coefficient (Wildman–Crippen LogP) is 1.35. The average Bonchev–Trinajstić information content (AvgIpc) is 1.90. The number of carboxylic acid groups (broad SMARTS) is 2. The lowest BCUT2D eigenvalue weighted by Crippen LogP contribution is -1.98. The first-order valence-corrected chi connectivity index (χ1v) is 3.56. The first-order valence-electron chi connectivity index (χ1n) is 3.56. The summed E-state index contributed by atoms with van der Waals surface area (Å²) >= 11 is 0. The smallest absolute Gasteiger partial charge is 0.303 e. The zero-order chi connectivity index (χ0) is 9.28. The van der Waals surface area contributed by atoms with Crippen LogP contribution in [0, 0.1) is 0 Å². The highest BCUT2D eigenvalue weighted by atomic mass is 16.4. The van der Waals surface area contributed by atoms with Gasteiger partial charge in [-0.2, -0.15) is 0 Å². The molecule has 0 aromatic rings. The molecule has 4 heteroatoms. The maximum absolute atomic E-state index is 9.79. The van der Waals surface area contributed by atoms with Gasteiger partial charge in [-0.05, 0) is 6.42 Å². The van der Waals surface area contributed by atoms with Gasteiger partial charge in [0.05, 0.1) is 0 Å². The molecule has 0 bridgehead atoms. The van der Waals surface area contributed by atoms with Gasteiger partial charge >= 0.3 is 11.9 Å². The molecule has 0 saturated heterocycles. The number of rotatable bonds is 4. The van der Waals surface area contributed by atoms with Crippen molar-refractivity contribution in [2.45, 2.75) is 33.1 Å². The van der Waals surface area contributed by atoms with Crippen molar-refractivity contribution in [3.05, 3.63) is 0 Å². The predicted molar refractivity (Wildman–Crippen MR) is 40.5 cm³/mol. The van der Waals surface area contributed by atoms with E-state index in [1.54, 1.807) is 0 Å². The van der Waals surface area contributed by atoms with Gasteiger partial charge in [0.2, 0.25) is 0 Å². The molecular weight excluding hydrogens is 148 g/mol. The lowest BCUT2D eigenvalue weighted by atomic mass is 10.2. The highest BCUT2D eigenvalue weighted by molar-refractivity contribution is 5.69. The maximum atomic E-state index is 9.79. The van der Waals surface area contributed by atoms with Gasteiger partial charge < -0.3 is 10.2 Å². The van der Waals surface area contributed by atoms with E-state index in [1.807, 2.05) is 13.8 Å². The largest absolute Gasteiger partial charge is 0.481 e. The molecule has 0 unspecified atom stereocenters. The van der Waals surface area contributed by atoms with Crippen LogP contribution in [0.3, 0.4) is 0 Å². The van der Waals surface area contributed by atoms with Gasteiger partial charge in [-0.1, -0.05) is 13.8 Å². The molecule has 0 spiro atoms. The van der Waals surface area contributed by atoms with Crippen molar-refractivity contribution in [1.29, 1.82) is 0 Å². The fourth-order valence-corrected chi connectivity index (χ4v) is 0.391. The SMILES string of the molecule is CC.O=C(O)CCCC(=O)O. The number of aliphatic carboxylic acids is 2. The highest BCUT2D eigenvalue weighted by Gasteiger charge is 1.99. The average molecular weight is 162 g/mol. The minimum atomic E-state index is -0.948. The van der Waals surface area contributed by atoms with Crippen LogP contribution in [0.15, 0.2) is 0 Å². The molecule has 66 valence electrons. The van der Waals surface area contributed by atoms with Crippen LogP contribution in [-0.2, 0) is 9.59 Å². The fourth-order valence-electron chi connectivity index (χ4n) is 0.391. The molecule has 0 fully saturated rings. The molecule has 2 N–H and O–H groups in total. The number of hydrogen-bond acceptors (Lipinski definition) is 2. The number of carbonyl (C=O) groups is 2. The zero-order valence-corrected chi connectivity index (χ0v) is 6.83. The van der Waals surface area contributed by atoms with Crippen LogP contribution in [0.1, 0.15) is 33.1 Å². The summed E-state index contributed by atoms with van der Waals surface area (Å²) in [6, 6.07) is 0. The van der Waals surface area contributed by atoms with E-state index in [2.05, 4.69) is 0 Å². The lowest BCUT2D eigenvalue weighted by Gasteiger charge is -1.89. The molecule has 0 rings (SSSR count). The topological polar surface area (TPSA) is 74.6 Å². The van der Waals surface area contributed by atoms with Crippen molar-refractivity contribution >= 4 is 11.9 Å². The Balaban J connectivity index is 0. The van der Waals surface area contributed by atoms with E-state index in [-0.39, 0.29) is 19.3 Å². The molecule has 0 heterocycles. The summed E-state index contributed by atoms with van der Waals surface area (Å²) in [6.45, 7) is 4.00. The second kappa shape index (κ2) is 8.94. The standard InChI is InChI=1S/C5H8O4.C2H6/c6-4(7)2-1-3-5(8)9;1-2/h1-3H2,(H,6,7)(H,8,9);1-2H3. The first-order chi connectivity index (χ1) is 5.13. The molecule has 0 radical (unpaired) electrons. The molecule has 0 aliphatic heterocycles. The molecule has 0 aliphatic rings. The van der Waals surface area contributed by atoms with Crippen molar-refractivity contribution in [1.82, 2.24) is 0 Å². The summed E-state index contributed by atoms with van der Waals surface area (Å²) in [7, 11) is 0. The number of carboxylic acids is 2. The third kappa shape index (κ3) is 17.6. The number of hydrogen-bond donors (Lipinski definition) is 2. The van der Waals surface area contributed by atoms with Crippen LogP contribution in [0.4, 0.5) is 0 Å². The summed E-state index contributed by atoms with van der Waals surface area (Å²) in [5.41, 5.74) is 0. The zero-order valence-electron chi connectivity index (χ0n) is 6.83. The Morgan fingerprint density at radius 2 is 1.27 bits per heavy atom. The summed E-state index contributed by atoms with van der Waals surface area (Å²) < 4.78 is 0. The van der Waals surface area contributed by atoms with Crippen LogP contribution >= 0.6 is 0 Å². The van der Waals surface area contributed by atoms with Crippen molar-refractivity contribution in [2.24, 2.45) is 0 Å². The summed E-state index contributed by atoms with van der Waals surface area (Å²) in [6.07, 6.45) is 0.0866. The second-order valence-corrected chi connectivity index (χ2v) is 1.64. The Hall–Kier alpha value is -1.06.